The Morgan fingerprint density at radius 3 is 2.65 bits per heavy atom. The van der Waals surface area contributed by atoms with Crippen molar-refractivity contribution in [3.8, 4) is 0 Å². The number of anilines is 1. The number of nitrogens with one attached hydrogen (secondary N) is 1. The summed E-state index contributed by atoms with van der Waals surface area (Å²) < 4.78 is 7.19. The molecule has 1 N–H and O–H groups in total. The zero-order chi connectivity index (χ0) is 13.8. The Kier molecular flexibility index (Phi) is 3.74. The molecule has 20 heavy (non-hydrogen) atoms. The summed E-state index contributed by atoms with van der Waals surface area (Å²) in [6, 6.07) is 13.8. The minimum atomic E-state index is 0.413. The Bertz CT molecular complexity index is 659. The second-order valence-electron chi connectivity index (χ2n) is 4.46. The van der Waals surface area contributed by atoms with Crippen LogP contribution in [0.1, 0.15) is 11.3 Å². The molecular weight excluding hydrogens is 274 g/mol. The normalized spacial score (nSPS) is 10.7. The van der Waals surface area contributed by atoms with Gasteiger partial charge in [0.25, 0.3) is 0 Å². The Hall–Kier alpha value is -2.20. The van der Waals surface area contributed by atoms with Gasteiger partial charge in [-0.25, -0.2) is 0 Å². The summed E-state index contributed by atoms with van der Waals surface area (Å²) in [4.78, 5) is 0. The van der Waals surface area contributed by atoms with Gasteiger partial charge >= 0.3 is 0 Å². The van der Waals surface area contributed by atoms with Crippen LogP contribution in [0, 0.1) is 0 Å². The number of hydrogen-bond acceptors (Lipinski definition) is 3. The van der Waals surface area contributed by atoms with E-state index >= 15 is 0 Å². The fourth-order valence-electron chi connectivity index (χ4n) is 1.94. The third kappa shape index (κ3) is 3.22. The largest absolute Gasteiger partial charge is 0.448 e. The molecule has 0 aliphatic carbocycles. The van der Waals surface area contributed by atoms with Crippen LogP contribution >= 0.6 is 11.6 Å². The molecule has 0 fully saturated rings. The van der Waals surface area contributed by atoms with Gasteiger partial charge in [0.2, 0.25) is 0 Å². The fourth-order valence-corrected chi connectivity index (χ4v) is 2.11. The van der Waals surface area contributed by atoms with Crippen LogP contribution in [0.5, 0.6) is 0 Å². The molecule has 0 aliphatic heterocycles. The fraction of sp³-hybridized carbons (Fsp3) is 0.133. The Balaban J connectivity index is 1.58. The molecule has 102 valence electrons. The van der Waals surface area contributed by atoms with E-state index in [4.69, 9.17) is 16.0 Å². The number of aromatic nitrogens is 2. The second-order valence-corrected chi connectivity index (χ2v) is 4.83. The molecule has 2 aromatic heterocycles. The maximum Gasteiger partial charge on any atom is 0.193 e. The molecule has 0 aliphatic rings. The van der Waals surface area contributed by atoms with Crippen LogP contribution in [0.2, 0.25) is 5.22 Å². The molecule has 0 atom stereocenters. The minimum Gasteiger partial charge on any atom is -0.448 e. The molecule has 0 bridgehead atoms. The van der Waals surface area contributed by atoms with Crippen LogP contribution in [0.15, 0.2) is 59.3 Å². The van der Waals surface area contributed by atoms with Crippen molar-refractivity contribution in [1.29, 1.82) is 0 Å². The number of halogens is 1. The Morgan fingerprint density at radius 2 is 2.00 bits per heavy atom. The molecule has 3 aromatic rings. The van der Waals surface area contributed by atoms with Gasteiger partial charge in [0.05, 0.1) is 13.1 Å². The first kappa shape index (κ1) is 12.8. The van der Waals surface area contributed by atoms with E-state index in [1.807, 2.05) is 35.1 Å². The van der Waals surface area contributed by atoms with Crippen molar-refractivity contribution in [2.24, 2.45) is 0 Å². The standard InChI is InChI=1S/C15H14ClN3O/c16-15-7-6-14(20-15)10-17-13-4-2-12(3-5-13)11-19-9-1-8-18-19/h1-9,17H,10-11H2. The number of rotatable bonds is 5. The molecule has 0 saturated carbocycles. The van der Waals surface area contributed by atoms with Crippen molar-refractivity contribution >= 4 is 17.3 Å². The van der Waals surface area contributed by atoms with Crippen molar-refractivity contribution in [2.45, 2.75) is 13.1 Å². The van der Waals surface area contributed by atoms with Crippen LogP contribution < -0.4 is 5.32 Å². The third-order valence-corrected chi connectivity index (χ3v) is 3.16. The maximum absolute atomic E-state index is 5.73. The molecule has 0 radical (unpaired) electrons. The molecule has 0 spiro atoms. The Morgan fingerprint density at radius 1 is 1.15 bits per heavy atom. The molecule has 1 aromatic carbocycles. The zero-order valence-corrected chi connectivity index (χ0v) is 11.5. The quantitative estimate of drug-likeness (QED) is 0.776. The number of furan rings is 1. The van der Waals surface area contributed by atoms with E-state index in [1.165, 1.54) is 5.56 Å². The molecule has 0 saturated heterocycles. The van der Waals surface area contributed by atoms with E-state index < -0.39 is 0 Å². The number of benzene rings is 1. The summed E-state index contributed by atoms with van der Waals surface area (Å²) in [5.41, 5.74) is 2.25. The van der Waals surface area contributed by atoms with Crippen LogP contribution in [0.3, 0.4) is 0 Å². The van der Waals surface area contributed by atoms with Gasteiger partial charge in [0.15, 0.2) is 5.22 Å². The van der Waals surface area contributed by atoms with Crippen molar-refractivity contribution in [2.75, 3.05) is 5.32 Å². The van der Waals surface area contributed by atoms with E-state index in [1.54, 1.807) is 12.3 Å². The first-order valence-electron chi connectivity index (χ1n) is 6.34. The predicted molar refractivity (Wildman–Crippen MR) is 78.8 cm³/mol. The molecule has 3 rings (SSSR count). The maximum atomic E-state index is 5.73. The summed E-state index contributed by atoms with van der Waals surface area (Å²) in [6.07, 6.45) is 3.73. The highest BCUT2D eigenvalue weighted by atomic mass is 35.5. The first-order chi connectivity index (χ1) is 9.79. The average Bonchev–Trinajstić information content (AvgIpc) is 3.10. The molecule has 0 unspecified atom stereocenters. The summed E-state index contributed by atoms with van der Waals surface area (Å²) in [6.45, 7) is 1.40. The van der Waals surface area contributed by atoms with Gasteiger partial charge in [-0.15, -0.1) is 0 Å². The summed E-state index contributed by atoms with van der Waals surface area (Å²) in [5, 5.41) is 7.89. The van der Waals surface area contributed by atoms with Crippen LogP contribution in [-0.2, 0) is 13.1 Å². The zero-order valence-electron chi connectivity index (χ0n) is 10.8. The van der Waals surface area contributed by atoms with Gasteiger partial charge in [0.1, 0.15) is 5.76 Å². The van der Waals surface area contributed by atoms with Gasteiger partial charge in [-0.1, -0.05) is 12.1 Å². The number of hydrogen-bond donors (Lipinski definition) is 1. The van der Waals surface area contributed by atoms with Crippen molar-refractivity contribution in [3.63, 3.8) is 0 Å². The molecule has 5 heteroatoms. The van der Waals surface area contributed by atoms with E-state index in [9.17, 15) is 0 Å². The van der Waals surface area contributed by atoms with Gasteiger partial charge in [-0.05, 0) is 47.5 Å². The summed E-state index contributed by atoms with van der Waals surface area (Å²) in [7, 11) is 0. The smallest absolute Gasteiger partial charge is 0.193 e. The molecule has 2 heterocycles. The third-order valence-electron chi connectivity index (χ3n) is 2.95. The van der Waals surface area contributed by atoms with Gasteiger partial charge in [-0.2, -0.15) is 5.10 Å². The van der Waals surface area contributed by atoms with E-state index in [-0.39, 0.29) is 0 Å². The monoisotopic (exact) mass is 287 g/mol. The average molecular weight is 288 g/mol. The van der Waals surface area contributed by atoms with Crippen LogP contribution in [0.4, 0.5) is 5.69 Å². The van der Waals surface area contributed by atoms with E-state index in [2.05, 4.69) is 22.5 Å². The molecular formula is C15H14ClN3O. The predicted octanol–water partition coefficient (Wildman–Crippen LogP) is 3.79. The highest BCUT2D eigenvalue weighted by Gasteiger charge is 2.00. The lowest BCUT2D eigenvalue weighted by Gasteiger charge is -2.06. The topological polar surface area (TPSA) is 43.0 Å². The SMILES string of the molecule is Clc1ccc(CNc2ccc(Cn3cccn3)cc2)o1. The molecule has 0 amide bonds. The van der Waals surface area contributed by atoms with Gasteiger partial charge in [0, 0.05) is 18.1 Å². The van der Waals surface area contributed by atoms with Crippen molar-refractivity contribution in [3.05, 3.63) is 71.4 Å². The highest BCUT2D eigenvalue weighted by Crippen LogP contribution is 2.16. The van der Waals surface area contributed by atoms with E-state index in [0.29, 0.717) is 11.8 Å². The summed E-state index contributed by atoms with van der Waals surface area (Å²) >= 11 is 5.73. The van der Waals surface area contributed by atoms with Crippen molar-refractivity contribution in [1.82, 2.24) is 9.78 Å². The van der Waals surface area contributed by atoms with Crippen molar-refractivity contribution < 1.29 is 4.42 Å². The second kappa shape index (κ2) is 5.84. The van der Waals surface area contributed by atoms with E-state index in [0.717, 1.165) is 18.0 Å². The molecule has 4 nitrogen and oxygen atoms in total. The highest BCUT2D eigenvalue weighted by molar-refractivity contribution is 6.28. The van der Waals surface area contributed by atoms with Gasteiger partial charge < -0.3 is 9.73 Å². The lowest BCUT2D eigenvalue weighted by molar-refractivity contribution is 0.520. The number of nitrogens with zero attached hydrogens (tertiary/aromatic N) is 2. The summed E-state index contributed by atoms with van der Waals surface area (Å²) in [5.74, 6) is 0.815. The Labute approximate surface area is 122 Å². The first-order valence-corrected chi connectivity index (χ1v) is 6.72. The van der Waals surface area contributed by atoms with Crippen LogP contribution in [0.25, 0.3) is 0 Å². The lowest BCUT2D eigenvalue weighted by Crippen LogP contribution is -2.01. The minimum absolute atomic E-state index is 0.413. The van der Waals surface area contributed by atoms with Crippen LogP contribution in [-0.4, -0.2) is 9.78 Å². The van der Waals surface area contributed by atoms with Gasteiger partial charge in [-0.3, -0.25) is 4.68 Å². The lowest BCUT2D eigenvalue weighted by atomic mass is 10.2.